The van der Waals surface area contributed by atoms with Gasteiger partial charge in [-0.15, -0.1) is 16.4 Å². The number of benzene rings is 1. The Morgan fingerprint density at radius 1 is 1.27 bits per heavy atom. The van der Waals surface area contributed by atoms with E-state index in [1.807, 2.05) is 41.8 Å². The van der Waals surface area contributed by atoms with Crippen molar-refractivity contribution < 1.29 is 14.3 Å². The highest BCUT2D eigenvalue weighted by Crippen LogP contribution is 2.27. The van der Waals surface area contributed by atoms with Crippen LogP contribution in [-0.2, 0) is 20.9 Å². The van der Waals surface area contributed by atoms with E-state index in [4.69, 9.17) is 4.74 Å². The number of thiophene rings is 1. The molecule has 1 aromatic carbocycles. The van der Waals surface area contributed by atoms with E-state index < -0.39 is 6.04 Å². The van der Waals surface area contributed by atoms with Gasteiger partial charge in [-0.2, -0.15) is 0 Å². The van der Waals surface area contributed by atoms with Gasteiger partial charge in [0, 0.05) is 25.1 Å². The first-order chi connectivity index (χ1) is 14.7. The minimum atomic E-state index is -0.685. The van der Waals surface area contributed by atoms with E-state index in [9.17, 15) is 9.59 Å². The van der Waals surface area contributed by atoms with Crippen LogP contribution < -0.4 is 5.32 Å². The van der Waals surface area contributed by atoms with E-state index in [1.54, 1.807) is 16.7 Å². The molecule has 0 radical (unpaired) electrons. The fourth-order valence-corrected chi connectivity index (χ4v) is 4.06. The van der Waals surface area contributed by atoms with Crippen molar-refractivity contribution in [3.63, 3.8) is 0 Å². The van der Waals surface area contributed by atoms with Gasteiger partial charge in [0.25, 0.3) is 0 Å². The molecule has 0 spiro atoms. The zero-order chi connectivity index (χ0) is 21.3. The number of aromatic nitrogens is 3. The smallest absolute Gasteiger partial charge is 0.248 e. The van der Waals surface area contributed by atoms with Gasteiger partial charge in [-0.05, 0) is 30.0 Å². The SMILES string of the molecule is CCCCN(C(=O)Cn1nnc2ccccc21)[C@@H](C(=O)NCCOC)c1cccs1. The van der Waals surface area contributed by atoms with Crippen molar-refractivity contribution in [1.82, 2.24) is 25.2 Å². The number of carbonyl (C=O) groups excluding carboxylic acids is 2. The second-order valence-corrected chi connectivity index (χ2v) is 7.86. The molecule has 0 unspecified atom stereocenters. The van der Waals surface area contributed by atoms with Gasteiger partial charge < -0.3 is 15.0 Å². The Kier molecular flexibility index (Phi) is 7.92. The second kappa shape index (κ2) is 10.8. The maximum Gasteiger partial charge on any atom is 0.248 e. The molecule has 0 saturated heterocycles. The summed E-state index contributed by atoms with van der Waals surface area (Å²) in [5.41, 5.74) is 1.52. The Morgan fingerprint density at radius 3 is 2.83 bits per heavy atom. The Bertz CT molecular complexity index is 957. The lowest BCUT2D eigenvalue weighted by Crippen LogP contribution is -2.45. The molecule has 2 aromatic heterocycles. The van der Waals surface area contributed by atoms with E-state index in [2.05, 4.69) is 22.6 Å². The van der Waals surface area contributed by atoms with Crippen LogP contribution in [-0.4, -0.2) is 58.5 Å². The lowest BCUT2D eigenvalue weighted by molar-refractivity contribution is -0.141. The van der Waals surface area contributed by atoms with Crippen LogP contribution in [0.15, 0.2) is 41.8 Å². The Balaban J connectivity index is 1.86. The summed E-state index contributed by atoms with van der Waals surface area (Å²) < 4.78 is 6.62. The maximum atomic E-state index is 13.4. The molecule has 8 nitrogen and oxygen atoms in total. The minimum absolute atomic E-state index is 0.0253. The predicted molar refractivity (Wildman–Crippen MR) is 116 cm³/mol. The third kappa shape index (κ3) is 5.22. The third-order valence-corrected chi connectivity index (χ3v) is 5.68. The molecule has 2 heterocycles. The molecule has 3 rings (SSSR count). The van der Waals surface area contributed by atoms with Gasteiger partial charge in [-0.25, -0.2) is 4.68 Å². The van der Waals surface area contributed by atoms with E-state index in [1.165, 1.54) is 11.3 Å². The maximum absolute atomic E-state index is 13.4. The number of para-hydroxylation sites is 1. The minimum Gasteiger partial charge on any atom is -0.383 e. The van der Waals surface area contributed by atoms with E-state index >= 15 is 0 Å². The number of hydrogen-bond acceptors (Lipinski definition) is 6. The van der Waals surface area contributed by atoms with Gasteiger partial charge in [0.1, 0.15) is 18.1 Å². The number of ether oxygens (including phenoxy) is 1. The van der Waals surface area contributed by atoms with Crippen LogP contribution >= 0.6 is 11.3 Å². The fraction of sp³-hybridized carbons (Fsp3) is 0.429. The topological polar surface area (TPSA) is 89.4 Å². The summed E-state index contributed by atoms with van der Waals surface area (Å²) in [7, 11) is 1.59. The number of rotatable bonds is 11. The van der Waals surface area contributed by atoms with Crippen LogP contribution in [0.5, 0.6) is 0 Å². The summed E-state index contributed by atoms with van der Waals surface area (Å²) in [6.07, 6.45) is 1.72. The average molecular weight is 430 g/mol. The first-order valence-corrected chi connectivity index (χ1v) is 10.9. The number of unbranched alkanes of at least 4 members (excludes halogenated alkanes) is 1. The Labute approximate surface area is 179 Å². The van der Waals surface area contributed by atoms with E-state index in [-0.39, 0.29) is 18.4 Å². The molecular weight excluding hydrogens is 402 g/mol. The van der Waals surface area contributed by atoms with Crippen LogP contribution in [0.1, 0.15) is 30.7 Å². The third-order valence-electron chi connectivity index (χ3n) is 4.76. The molecule has 2 amide bonds. The van der Waals surface area contributed by atoms with Gasteiger partial charge in [0.2, 0.25) is 11.8 Å². The fourth-order valence-electron chi connectivity index (χ4n) is 3.22. The first-order valence-electron chi connectivity index (χ1n) is 10.0. The molecule has 3 aromatic rings. The van der Waals surface area contributed by atoms with Gasteiger partial charge in [0.15, 0.2) is 0 Å². The molecule has 0 fully saturated rings. The molecule has 0 aliphatic rings. The molecule has 1 atom stereocenters. The predicted octanol–water partition coefficient (Wildman–Crippen LogP) is 2.63. The lowest BCUT2D eigenvalue weighted by Gasteiger charge is -2.30. The van der Waals surface area contributed by atoms with Gasteiger partial charge in [-0.1, -0.05) is 36.8 Å². The highest BCUT2D eigenvalue weighted by molar-refractivity contribution is 7.10. The number of nitrogens with one attached hydrogen (secondary N) is 1. The molecule has 0 aliphatic heterocycles. The van der Waals surface area contributed by atoms with Crippen LogP contribution in [0.2, 0.25) is 0 Å². The first kappa shape index (κ1) is 21.9. The van der Waals surface area contributed by atoms with E-state index in [0.29, 0.717) is 19.7 Å². The van der Waals surface area contributed by atoms with Crippen molar-refractivity contribution in [2.45, 2.75) is 32.4 Å². The number of carbonyl (C=O) groups is 2. The van der Waals surface area contributed by atoms with Crippen molar-refractivity contribution in [3.05, 3.63) is 46.7 Å². The highest BCUT2D eigenvalue weighted by atomic mass is 32.1. The summed E-state index contributed by atoms with van der Waals surface area (Å²) in [6.45, 7) is 3.38. The average Bonchev–Trinajstić information content (AvgIpc) is 3.41. The Morgan fingerprint density at radius 2 is 2.10 bits per heavy atom. The van der Waals surface area contributed by atoms with E-state index in [0.717, 1.165) is 28.8 Å². The summed E-state index contributed by atoms with van der Waals surface area (Å²) in [4.78, 5) is 28.9. The lowest BCUT2D eigenvalue weighted by atomic mass is 10.1. The number of hydrogen-bond donors (Lipinski definition) is 1. The van der Waals surface area contributed by atoms with Crippen molar-refractivity contribution >= 4 is 34.2 Å². The van der Waals surface area contributed by atoms with Crippen molar-refractivity contribution in [2.24, 2.45) is 0 Å². The van der Waals surface area contributed by atoms with Gasteiger partial charge in [-0.3, -0.25) is 9.59 Å². The number of methoxy groups -OCH3 is 1. The van der Waals surface area contributed by atoms with Crippen LogP contribution in [0.4, 0.5) is 0 Å². The number of amides is 2. The number of nitrogens with zero attached hydrogens (tertiary/aromatic N) is 4. The number of fused-ring (bicyclic) bond motifs is 1. The van der Waals surface area contributed by atoms with Gasteiger partial charge >= 0.3 is 0 Å². The van der Waals surface area contributed by atoms with Crippen LogP contribution in [0.25, 0.3) is 11.0 Å². The molecule has 9 heteroatoms. The standard InChI is InChI=1S/C21H27N5O3S/c1-3-4-12-25(19(27)15-26-17-9-6-5-8-16(17)23-24-26)20(18-10-7-14-30-18)21(28)22-11-13-29-2/h5-10,14,20H,3-4,11-13,15H2,1-2H3,(H,22,28)/t20-/m1/s1. The summed E-state index contributed by atoms with van der Waals surface area (Å²) >= 11 is 1.47. The second-order valence-electron chi connectivity index (χ2n) is 6.88. The van der Waals surface area contributed by atoms with Crippen molar-refractivity contribution in [1.29, 1.82) is 0 Å². The quantitative estimate of drug-likeness (QED) is 0.473. The molecule has 1 N–H and O–H groups in total. The Hall–Kier alpha value is -2.78. The zero-order valence-electron chi connectivity index (χ0n) is 17.3. The molecular formula is C21H27N5O3S. The zero-order valence-corrected chi connectivity index (χ0v) is 18.1. The summed E-state index contributed by atoms with van der Waals surface area (Å²) in [5, 5.41) is 13.1. The summed E-state index contributed by atoms with van der Waals surface area (Å²) in [6, 6.07) is 10.6. The molecule has 30 heavy (non-hydrogen) atoms. The van der Waals surface area contributed by atoms with Gasteiger partial charge in [0.05, 0.1) is 12.1 Å². The highest BCUT2D eigenvalue weighted by Gasteiger charge is 2.32. The van der Waals surface area contributed by atoms with Crippen LogP contribution in [0.3, 0.4) is 0 Å². The van der Waals surface area contributed by atoms with Crippen molar-refractivity contribution in [2.75, 3.05) is 26.8 Å². The molecule has 0 saturated carbocycles. The molecule has 160 valence electrons. The normalized spacial score (nSPS) is 12.1. The largest absolute Gasteiger partial charge is 0.383 e. The van der Waals surface area contributed by atoms with Crippen molar-refractivity contribution in [3.8, 4) is 0 Å². The monoisotopic (exact) mass is 429 g/mol. The molecule has 0 aliphatic carbocycles. The molecule has 0 bridgehead atoms. The summed E-state index contributed by atoms with van der Waals surface area (Å²) in [5.74, 6) is -0.373. The van der Waals surface area contributed by atoms with Crippen LogP contribution in [0, 0.1) is 0 Å².